The summed E-state index contributed by atoms with van der Waals surface area (Å²) in [7, 11) is 3.22. The molecule has 0 saturated heterocycles. The van der Waals surface area contributed by atoms with Crippen LogP contribution in [0, 0.1) is 0 Å². The van der Waals surface area contributed by atoms with Crippen LogP contribution in [0.2, 0.25) is 0 Å². The zero-order valence-corrected chi connectivity index (χ0v) is 9.06. The van der Waals surface area contributed by atoms with Gasteiger partial charge in [0.15, 0.2) is 11.5 Å². The van der Waals surface area contributed by atoms with Crippen molar-refractivity contribution < 1.29 is 9.47 Å². The standard InChI is InChI=1S/C9H14N2O2.ClH/c1-12-8-4-3-7(6-11-10)5-9(8)13-2;/h3-5,11H,6,10H2,1-2H3;1H. The number of methoxy groups -OCH3 is 2. The molecule has 14 heavy (non-hydrogen) atoms. The minimum Gasteiger partial charge on any atom is -0.493 e. The number of benzene rings is 1. The van der Waals surface area contributed by atoms with E-state index in [9.17, 15) is 0 Å². The summed E-state index contributed by atoms with van der Waals surface area (Å²) >= 11 is 0. The molecule has 1 aromatic carbocycles. The largest absolute Gasteiger partial charge is 0.493 e. The minimum atomic E-state index is 0. The Labute approximate surface area is 89.8 Å². The van der Waals surface area contributed by atoms with Crippen LogP contribution in [0.15, 0.2) is 18.2 Å². The Bertz CT molecular complexity index is 282. The lowest BCUT2D eigenvalue weighted by atomic mass is 10.2. The summed E-state index contributed by atoms with van der Waals surface area (Å²) in [6.45, 7) is 0.611. The van der Waals surface area contributed by atoms with Gasteiger partial charge in [-0.1, -0.05) is 6.07 Å². The van der Waals surface area contributed by atoms with E-state index < -0.39 is 0 Å². The zero-order chi connectivity index (χ0) is 9.68. The molecule has 0 heterocycles. The Kier molecular flexibility index (Phi) is 6.03. The third-order valence-electron chi connectivity index (χ3n) is 1.75. The summed E-state index contributed by atoms with van der Waals surface area (Å²) in [4.78, 5) is 0. The Morgan fingerprint density at radius 2 is 1.86 bits per heavy atom. The maximum absolute atomic E-state index is 5.20. The van der Waals surface area contributed by atoms with Crippen molar-refractivity contribution in [2.24, 2.45) is 5.84 Å². The second kappa shape index (κ2) is 6.48. The first-order valence-corrected chi connectivity index (χ1v) is 3.96. The fourth-order valence-electron chi connectivity index (χ4n) is 1.11. The van der Waals surface area contributed by atoms with Crippen LogP contribution in [0.4, 0.5) is 0 Å². The van der Waals surface area contributed by atoms with Gasteiger partial charge in [0.05, 0.1) is 14.2 Å². The molecule has 0 amide bonds. The van der Waals surface area contributed by atoms with Crippen LogP contribution in [0.1, 0.15) is 5.56 Å². The van der Waals surface area contributed by atoms with Gasteiger partial charge in [-0.05, 0) is 17.7 Å². The average molecular weight is 219 g/mol. The smallest absolute Gasteiger partial charge is 0.161 e. The van der Waals surface area contributed by atoms with E-state index in [0.717, 1.165) is 17.1 Å². The van der Waals surface area contributed by atoms with Crippen molar-refractivity contribution in [2.75, 3.05) is 14.2 Å². The first-order chi connectivity index (χ1) is 6.31. The van der Waals surface area contributed by atoms with Crippen LogP contribution >= 0.6 is 12.4 Å². The number of rotatable bonds is 4. The van der Waals surface area contributed by atoms with Gasteiger partial charge in [-0.2, -0.15) is 0 Å². The lowest BCUT2D eigenvalue weighted by Gasteiger charge is -2.08. The minimum absolute atomic E-state index is 0. The van der Waals surface area contributed by atoms with Gasteiger partial charge in [-0.15, -0.1) is 12.4 Å². The van der Waals surface area contributed by atoms with Crippen molar-refractivity contribution in [3.05, 3.63) is 23.8 Å². The quantitative estimate of drug-likeness (QED) is 0.587. The second-order valence-electron chi connectivity index (χ2n) is 2.57. The van der Waals surface area contributed by atoms with E-state index >= 15 is 0 Å². The predicted octanol–water partition coefficient (Wildman–Crippen LogP) is 1.09. The van der Waals surface area contributed by atoms with Crippen LogP contribution in [-0.4, -0.2) is 14.2 Å². The van der Waals surface area contributed by atoms with Gasteiger partial charge in [0.1, 0.15) is 0 Å². The number of nitrogens with one attached hydrogen (secondary N) is 1. The normalized spacial score (nSPS) is 9.07. The summed E-state index contributed by atoms with van der Waals surface area (Å²) in [6.07, 6.45) is 0. The first kappa shape index (κ1) is 13.0. The SMILES string of the molecule is COc1ccc(CNN)cc1OC.Cl. The van der Waals surface area contributed by atoms with E-state index in [1.54, 1.807) is 14.2 Å². The molecule has 4 nitrogen and oxygen atoms in total. The fraction of sp³-hybridized carbons (Fsp3) is 0.333. The lowest BCUT2D eigenvalue weighted by Crippen LogP contribution is -2.20. The zero-order valence-electron chi connectivity index (χ0n) is 8.24. The molecule has 0 saturated carbocycles. The highest BCUT2D eigenvalue weighted by atomic mass is 35.5. The van der Waals surface area contributed by atoms with Crippen LogP contribution in [0.25, 0.3) is 0 Å². The number of halogens is 1. The van der Waals surface area contributed by atoms with E-state index in [4.69, 9.17) is 15.3 Å². The Morgan fingerprint density at radius 3 is 2.36 bits per heavy atom. The molecular formula is C9H15ClN2O2. The average Bonchev–Trinajstić information content (AvgIpc) is 2.18. The van der Waals surface area contributed by atoms with E-state index in [0.29, 0.717) is 6.54 Å². The van der Waals surface area contributed by atoms with Gasteiger partial charge in [0, 0.05) is 6.54 Å². The fourth-order valence-corrected chi connectivity index (χ4v) is 1.11. The maximum Gasteiger partial charge on any atom is 0.161 e. The molecule has 0 aromatic heterocycles. The third kappa shape index (κ3) is 3.06. The van der Waals surface area contributed by atoms with E-state index in [1.165, 1.54) is 0 Å². The summed E-state index contributed by atoms with van der Waals surface area (Å²) < 4.78 is 10.2. The van der Waals surface area contributed by atoms with Crippen molar-refractivity contribution in [3.8, 4) is 11.5 Å². The van der Waals surface area contributed by atoms with Crippen LogP contribution in [0.3, 0.4) is 0 Å². The van der Waals surface area contributed by atoms with Gasteiger partial charge in [0.25, 0.3) is 0 Å². The lowest BCUT2D eigenvalue weighted by molar-refractivity contribution is 0.354. The predicted molar refractivity (Wildman–Crippen MR) is 57.8 cm³/mol. The summed E-state index contributed by atoms with van der Waals surface area (Å²) in [5.74, 6) is 6.64. The molecule has 0 atom stereocenters. The molecule has 0 aliphatic heterocycles. The van der Waals surface area contributed by atoms with E-state index in [2.05, 4.69) is 5.43 Å². The molecule has 3 N–H and O–H groups in total. The van der Waals surface area contributed by atoms with E-state index in [1.807, 2.05) is 18.2 Å². The van der Waals surface area contributed by atoms with Crippen molar-refractivity contribution in [1.29, 1.82) is 0 Å². The van der Waals surface area contributed by atoms with Gasteiger partial charge in [0.2, 0.25) is 0 Å². The number of nitrogens with two attached hydrogens (primary N) is 1. The summed E-state index contributed by atoms with van der Waals surface area (Å²) in [5.41, 5.74) is 3.63. The summed E-state index contributed by atoms with van der Waals surface area (Å²) in [5, 5.41) is 0. The van der Waals surface area contributed by atoms with Crippen LogP contribution in [-0.2, 0) is 6.54 Å². The number of hydrogen-bond donors (Lipinski definition) is 2. The molecule has 0 spiro atoms. The second-order valence-corrected chi connectivity index (χ2v) is 2.57. The first-order valence-electron chi connectivity index (χ1n) is 3.96. The Hall–Kier alpha value is -0.970. The monoisotopic (exact) mass is 218 g/mol. The van der Waals surface area contributed by atoms with Gasteiger partial charge in [-0.25, -0.2) is 0 Å². The topological polar surface area (TPSA) is 56.5 Å². The van der Waals surface area contributed by atoms with Crippen LogP contribution in [0.5, 0.6) is 11.5 Å². The van der Waals surface area contributed by atoms with Crippen molar-refractivity contribution >= 4 is 12.4 Å². The molecule has 0 aliphatic rings. The molecule has 0 unspecified atom stereocenters. The summed E-state index contributed by atoms with van der Waals surface area (Å²) in [6, 6.07) is 5.67. The molecule has 0 bridgehead atoms. The van der Waals surface area contributed by atoms with Crippen molar-refractivity contribution in [1.82, 2.24) is 5.43 Å². The maximum atomic E-state index is 5.20. The molecule has 1 aromatic rings. The molecule has 0 fully saturated rings. The highest BCUT2D eigenvalue weighted by Crippen LogP contribution is 2.27. The van der Waals surface area contributed by atoms with Gasteiger partial charge in [-0.3, -0.25) is 11.3 Å². The third-order valence-corrected chi connectivity index (χ3v) is 1.75. The van der Waals surface area contributed by atoms with E-state index in [-0.39, 0.29) is 12.4 Å². The van der Waals surface area contributed by atoms with Crippen molar-refractivity contribution in [2.45, 2.75) is 6.54 Å². The molecular weight excluding hydrogens is 204 g/mol. The molecule has 0 aliphatic carbocycles. The molecule has 5 heteroatoms. The Morgan fingerprint density at radius 1 is 1.21 bits per heavy atom. The number of ether oxygens (including phenoxy) is 2. The van der Waals surface area contributed by atoms with Gasteiger partial charge >= 0.3 is 0 Å². The van der Waals surface area contributed by atoms with Gasteiger partial charge < -0.3 is 9.47 Å². The Balaban J connectivity index is 0.00000169. The molecule has 80 valence electrons. The number of hydrazine groups is 1. The highest BCUT2D eigenvalue weighted by molar-refractivity contribution is 5.85. The number of hydrogen-bond acceptors (Lipinski definition) is 4. The van der Waals surface area contributed by atoms with Crippen molar-refractivity contribution in [3.63, 3.8) is 0 Å². The highest BCUT2D eigenvalue weighted by Gasteiger charge is 2.03. The van der Waals surface area contributed by atoms with Crippen LogP contribution < -0.4 is 20.7 Å². The molecule has 0 radical (unpaired) electrons. The molecule has 1 rings (SSSR count).